The zero-order valence-corrected chi connectivity index (χ0v) is 15.0. The molecule has 0 spiro atoms. The lowest BCUT2D eigenvalue weighted by molar-refractivity contribution is -0.115. The van der Waals surface area contributed by atoms with Gasteiger partial charge in [-0.1, -0.05) is 17.7 Å². The highest BCUT2D eigenvalue weighted by Crippen LogP contribution is 2.22. The summed E-state index contributed by atoms with van der Waals surface area (Å²) in [4.78, 5) is 24.5. The van der Waals surface area contributed by atoms with Crippen molar-refractivity contribution in [2.75, 3.05) is 11.9 Å². The number of carbonyl (C=O) groups excluding carboxylic acids is 2. The highest BCUT2D eigenvalue weighted by atomic mass is 79.9. The molecule has 0 radical (unpaired) electrons. The molecule has 1 aromatic heterocycles. The second kappa shape index (κ2) is 7.07. The molecule has 0 aliphatic heterocycles. The van der Waals surface area contributed by atoms with Crippen LogP contribution in [0.25, 0.3) is 0 Å². The van der Waals surface area contributed by atoms with E-state index in [1.54, 1.807) is 12.1 Å². The van der Waals surface area contributed by atoms with E-state index in [0.717, 1.165) is 26.2 Å². The Bertz CT molecular complexity index is 702. The molecular formula is C16H17BrN2O2S. The number of benzene rings is 1. The first-order valence-electron chi connectivity index (χ1n) is 6.78. The zero-order valence-electron chi connectivity index (χ0n) is 12.6. The van der Waals surface area contributed by atoms with Crippen LogP contribution in [-0.4, -0.2) is 18.4 Å². The number of carbonyl (C=O) groups is 2. The van der Waals surface area contributed by atoms with Gasteiger partial charge in [0.1, 0.15) is 0 Å². The molecule has 2 rings (SSSR count). The molecule has 6 heteroatoms. The van der Waals surface area contributed by atoms with Gasteiger partial charge in [-0.15, -0.1) is 11.3 Å². The van der Waals surface area contributed by atoms with E-state index in [2.05, 4.69) is 26.6 Å². The standard InChI is InChI=1S/C16H17BrN2O2S/c1-9-6-10(2)15(11(3)7-9)19-14(20)8-18-16(21)12-4-5-13(17)22-12/h4-7H,8H2,1-3H3,(H,18,21)(H,19,20). The highest BCUT2D eigenvalue weighted by molar-refractivity contribution is 9.11. The van der Waals surface area contributed by atoms with Crippen molar-refractivity contribution in [1.29, 1.82) is 0 Å². The second-order valence-corrected chi connectivity index (χ2v) is 7.57. The van der Waals surface area contributed by atoms with Crippen LogP contribution in [0.1, 0.15) is 26.4 Å². The van der Waals surface area contributed by atoms with E-state index in [1.165, 1.54) is 11.3 Å². The Labute approximate surface area is 142 Å². The number of hydrogen-bond acceptors (Lipinski definition) is 3. The molecule has 0 aliphatic carbocycles. The maximum absolute atomic E-state index is 12.0. The predicted molar refractivity (Wildman–Crippen MR) is 93.6 cm³/mol. The number of anilines is 1. The first kappa shape index (κ1) is 16.7. The highest BCUT2D eigenvalue weighted by Gasteiger charge is 2.12. The zero-order chi connectivity index (χ0) is 16.3. The molecule has 0 saturated heterocycles. The number of amides is 2. The fraction of sp³-hybridized carbons (Fsp3) is 0.250. The Balaban J connectivity index is 1.95. The number of nitrogens with one attached hydrogen (secondary N) is 2. The van der Waals surface area contributed by atoms with E-state index in [9.17, 15) is 9.59 Å². The Morgan fingerprint density at radius 1 is 1.14 bits per heavy atom. The molecule has 0 bridgehead atoms. The molecule has 116 valence electrons. The quantitative estimate of drug-likeness (QED) is 0.846. The molecule has 1 heterocycles. The first-order valence-corrected chi connectivity index (χ1v) is 8.39. The molecule has 2 aromatic rings. The summed E-state index contributed by atoms with van der Waals surface area (Å²) in [7, 11) is 0. The van der Waals surface area contributed by atoms with Gasteiger partial charge in [-0.2, -0.15) is 0 Å². The topological polar surface area (TPSA) is 58.2 Å². The van der Waals surface area contributed by atoms with Gasteiger partial charge in [-0.3, -0.25) is 9.59 Å². The van der Waals surface area contributed by atoms with Crippen molar-refractivity contribution >= 4 is 44.8 Å². The first-order chi connectivity index (χ1) is 10.4. The lowest BCUT2D eigenvalue weighted by atomic mass is 10.1. The SMILES string of the molecule is Cc1cc(C)c(NC(=O)CNC(=O)c2ccc(Br)s2)c(C)c1. The average molecular weight is 381 g/mol. The van der Waals surface area contributed by atoms with Gasteiger partial charge in [0.15, 0.2) is 0 Å². The smallest absolute Gasteiger partial charge is 0.261 e. The van der Waals surface area contributed by atoms with Crippen LogP contribution in [0.3, 0.4) is 0 Å². The van der Waals surface area contributed by atoms with Gasteiger partial charge in [0, 0.05) is 5.69 Å². The number of rotatable bonds is 4. The third-order valence-corrected chi connectivity index (χ3v) is 4.77. The lowest BCUT2D eigenvalue weighted by Crippen LogP contribution is -2.32. The second-order valence-electron chi connectivity index (χ2n) is 5.11. The van der Waals surface area contributed by atoms with Crippen molar-refractivity contribution in [3.05, 3.63) is 49.6 Å². The van der Waals surface area contributed by atoms with Crippen LogP contribution in [0.2, 0.25) is 0 Å². The summed E-state index contributed by atoms with van der Waals surface area (Å²) in [5.41, 5.74) is 3.99. The van der Waals surface area contributed by atoms with Gasteiger partial charge >= 0.3 is 0 Å². The molecule has 2 amide bonds. The van der Waals surface area contributed by atoms with Crippen molar-refractivity contribution in [3.63, 3.8) is 0 Å². The Hall–Kier alpha value is -1.66. The maximum atomic E-state index is 12.0. The van der Waals surface area contributed by atoms with Crippen molar-refractivity contribution in [1.82, 2.24) is 5.32 Å². The summed E-state index contributed by atoms with van der Waals surface area (Å²) >= 11 is 4.64. The Morgan fingerprint density at radius 2 is 1.77 bits per heavy atom. The minimum atomic E-state index is -0.247. The van der Waals surface area contributed by atoms with Gasteiger partial charge in [0.05, 0.1) is 15.2 Å². The van der Waals surface area contributed by atoms with Crippen molar-refractivity contribution < 1.29 is 9.59 Å². The molecule has 0 aliphatic rings. The predicted octanol–water partition coefficient (Wildman–Crippen LogP) is 3.80. The summed E-state index contributed by atoms with van der Waals surface area (Å²) in [5, 5.41) is 5.48. The lowest BCUT2D eigenvalue weighted by Gasteiger charge is -2.13. The molecule has 4 nitrogen and oxygen atoms in total. The number of aryl methyl sites for hydroxylation is 3. The number of thiophene rings is 1. The molecule has 1 aromatic carbocycles. The van der Waals surface area contributed by atoms with E-state index in [0.29, 0.717) is 4.88 Å². The van der Waals surface area contributed by atoms with Crippen LogP contribution >= 0.6 is 27.3 Å². The molecule has 0 saturated carbocycles. The number of hydrogen-bond donors (Lipinski definition) is 2. The van der Waals surface area contributed by atoms with Gasteiger partial charge in [0.25, 0.3) is 5.91 Å². The monoisotopic (exact) mass is 380 g/mol. The third kappa shape index (κ3) is 4.18. The third-order valence-electron chi connectivity index (χ3n) is 3.15. The average Bonchev–Trinajstić information content (AvgIpc) is 2.87. The Kier molecular flexibility index (Phi) is 5.37. The molecule has 22 heavy (non-hydrogen) atoms. The van der Waals surface area contributed by atoms with E-state index in [1.807, 2.05) is 32.9 Å². The van der Waals surface area contributed by atoms with Gasteiger partial charge < -0.3 is 10.6 Å². The van der Waals surface area contributed by atoms with E-state index in [-0.39, 0.29) is 18.4 Å². The van der Waals surface area contributed by atoms with Crippen LogP contribution in [-0.2, 0) is 4.79 Å². The number of halogens is 1. The fourth-order valence-electron chi connectivity index (χ4n) is 2.24. The minimum absolute atomic E-state index is 0.0545. The van der Waals surface area contributed by atoms with Crippen LogP contribution in [0.4, 0.5) is 5.69 Å². The van der Waals surface area contributed by atoms with Crippen molar-refractivity contribution in [2.45, 2.75) is 20.8 Å². The molecular weight excluding hydrogens is 364 g/mol. The largest absolute Gasteiger partial charge is 0.342 e. The van der Waals surface area contributed by atoms with E-state index >= 15 is 0 Å². The minimum Gasteiger partial charge on any atom is -0.342 e. The van der Waals surface area contributed by atoms with E-state index < -0.39 is 0 Å². The van der Waals surface area contributed by atoms with Crippen molar-refractivity contribution in [3.8, 4) is 0 Å². The molecule has 0 atom stereocenters. The summed E-state index contributed by atoms with van der Waals surface area (Å²) in [6.07, 6.45) is 0. The van der Waals surface area contributed by atoms with Gasteiger partial charge in [-0.25, -0.2) is 0 Å². The van der Waals surface area contributed by atoms with Crippen LogP contribution < -0.4 is 10.6 Å². The normalized spacial score (nSPS) is 10.4. The van der Waals surface area contributed by atoms with Gasteiger partial charge in [0.2, 0.25) is 5.91 Å². The summed E-state index contributed by atoms with van der Waals surface area (Å²) < 4.78 is 0.882. The van der Waals surface area contributed by atoms with Gasteiger partial charge in [-0.05, 0) is 60.0 Å². The van der Waals surface area contributed by atoms with Crippen molar-refractivity contribution in [2.24, 2.45) is 0 Å². The summed E-state index contributed by atoms with van der Waals surface area (Å²) in [6.45, 7) is 5.88. The van der Waals surface area contributed by atoms with Crippen LogP contribution in [0.5, 0.6) is 0 Å². The molecule has 0 fully saturated rings. The summed E-state index contributed by atoms with van der Waals surface area (Å²) in [6, 6.07) is 7.56. The van der Waals surface area contributed by atoms with E-state index in [4.69, 9.17) is 0 Å². The maximum Gasteiger partial charge on any atom is 0.261 e. The fourth-order valence-corrected chi connectivity index (χ4v) is 3.55. The Morgan fingerprint density at radius 3 is 2.32 bits per heavy atom. The van der Waals surface area contributed by atoms with Crippen LogP contribution in [0.15, 0.2) is 28.1 Å². The molecule has 2 N–H and O–H groups in total. The van der Waals surface area contributed by atoms with Crippen LogP contribution in [0, 0.1) is 20.8 Å². The molecule has 0 unspecified atom stereocenters. The summed E-state index contributed by atoms with van der Waals surface area (Å²) in [5.74, 6) is -0.484.